The Kier molecular flexibility index (Phi) is 4.70. The van der Waals surface area contributed by atoms with E-state index in [0.29, 0.717) is 6.61 Å². The predicted octanol–water partition coefficient (Wildman–Crippen LogP) is 1.85. The van der Waals surface area contributed by atoms with E-state index in [9.17, 15) is 5.11 Å². The zero-order chi connectivity index (χ0) is 10.6. The maximum Gasteiger partial charge on any atom is 0.169 e. The van der Waals surface area contributed by atoms with Crippen LogP contribution < -0.4 is 0 Å². The molecule has 14 heavy (non-hydrogen) atoms. The standard InChI is InChI=1S/C10H20O3S/c1-4-10(2,3)9(11)13-8-7-14-6-5-12-8/h8-9,11H,4-7H2,1-3H3/t8?,9-/m0/s1. The zero-order valence-corrected chi connectivity index (χ0v) is 9.97. The summed E-state index contributed by atoms with van der Waals surface area (Å²) in [4.78, 5) is 0. The quantitative estimate of drug-likeness (QED) is 0.734. The second-order valence-corrected chi connectivity index (χ2v) is 5.36. The Morgan fingerprint density at radius 3 is 2.86 bits per heavy atom. The summed E-state index contributed by atoms with van der Waals surface area (Å²) >= 11 is 1.80. The fraction of sp³-hybridized carbons (Fsp3) is 1.00. The Bertz CT molecular complexity index is 167. The molecule has 3 nitrogen and oxygen atoms in total. The van der Waals surface area contributed by atoms with Crippen molar-refractivity contribution < 1.29 is 14.6 Å². The van der Waals surface area contributed by atoms with Crippen LogP contribution in [0.15, 0.2) is 0 Å². The van der Waals surface area contributed by atoms with Gasteiger partial charge in [-0.15, -0.1) is 0 Å². The van der Waals surface area contributed by atoms with Crippen molar-refractivity contribution in [3.8, 4) is 0 Å². The van der Waals surface area contributed by atoms with Crippen LogP contribution in [0.3, 0.4) is 0 Å². The molecule has 0 aromatic heterocycles. The Morgan fingerprint density at radius 1 is 1.64 bits per heavy atom. The fourth-order valence-corrected chi connectivity index (χ4v) is 1.80. The molecule has 1 heterocycles. The summed E-state index contributed by atoms with van der Waals surface area (Å²) in [6.45, 7) is 6.75. The molecule has 0 aromatic rings. The van der Waals surface area contributed by atoms with Crippen LogP contribution in [-0.2, 0) is 9.47 Å². The molecule has 2 atom stereocenters. The first-order valence-corrected chi connectivity index (χ1v) is 6.24. The molecule has 0 amide bonds. The van der Waals surface area contributed by atoms with Crippen LogP contribution in [0.1, 0.15) is 27.2 Å². The monoisotopic (exact) mass is 220 g/mol. The van der Waals surface area contributed by atoms with Crippen molar-refractivity contribution in [2.45, 2.75) is 39.8 Å². The van der Waals surface area contributed by atoms with Gasteiger partial charge in [-0.05, 0) is 6.42 Å². The van der Waals surface area contributed by atoms with Crippen molar-refractivity contribution in [1.29, 1.82) is 0 Å². The molecule has 0 bridgehead atoms. The van der Waals surface area contributed by atoms with E-state index >= 15 is 0 Å². The molecule has 0 radical (unpaired) electrons. The Labute approximate surface area is 90.2 Å². The molecule has 0 saturated carbocycles. The van der Waals surface area contributed by atoms with Crippen LogP contribution in [0.4, 0.5) is 0 Å². The summed E-state index contributed by atoms with van der Waals surface area (Å²) < 4.78 is 10.8. The zero-order valence-electron chi connectivity index (χ0n) is 9.16. The van der Waals surface area contributed by atoms with E-state index in [4.69, 9.17) is 9.47 Å². The first-order chi connectivity index (χ1) is 6.56. The van der Waals surface area contributed by atoms with E-state index in [-0.39, 0.29) is 11.7 Å². The van der Waals surface area contributed by atoms with E-state index in [1.54, 1.807) is 11.8 Å². The average molecular weight is 220 g/mol. The minimum absolute atomic E-state index is 0.203. The summed E-state index contributed by atoms with van der Waals surface area (Å²) in [6, 6.07) is 0. The molecule has 1 aliphatic heterocycles. The van der Waals surface area contributed by atoms with Gasteiger partial charge in [0.05, 0.1) is 6.61 Å². The largest absolute Gasteiger partial charge is 0.367 e. The molecule has 1 rings (SSSR count). The lowest BCUT2D eigenvalue weighted by atomic mass is 9.89. The van der Waals surface area contributed by atoms with Gasteiger partial charge in [0.25, 0.3) is 0 Å². The van der Waals surface area contributed by atoms with E-state index in [2.05, 4.69) is 0 Å². The Hall–Kier alpha value is 0.230. The maximum absolute atomic E-state index is 9.82. The van der Waals surface area contributed by atoms with E-state index in [1.165, 1.54) is 0 Å². The molecule has 1 unspecified atom stereocenters. The van der Waals surface area contributed by atoms with Gasteiger partial charge in [0.15, 0.2) is 12.6 Å². The number of ether oxygens (including phenoxy) is 2. The van der Waals surface area contributed by atoms with Crippen LogP contribution in [0.2, 0.25) is 0 Å². The van der Waals surface area contributed by atoms with Crippen molar-refractivity contribution in [1.82, 2.24) is 0 Å². The fourth-order valence-electron chi connectivity index (χ4n) is 1.05. The van der Waals surface area contributed by atoms with Crippen molar-refractivity contribution >= 4 is 11.8 Å². The summed E-state index contributed by atoms with van der Waals surface area (Å²) in [7, 11) is 0. The lowest BCUT2D eigenvalue weighted by Crippen LogP contribution is -2.38. The Morgan fingerprint density at radius 2 is 2.36 bits per heavy atom. The van der Waals surface area contributed by atoms with Gasteiger partial charge in [0.2, 0.25) is 0 Å². The summed E-state index contributed by atoms with van der Waals surface area (Å²) in [5.74, 6) is 1.84. The van der Waals surface area contributed by atoms with E-state index in [1.807, 2.05) is 20.8 Å². The number of thioether (sulfide) groups is 1. The topological polar surface area (TPSA) is 38.7 Å². The molecule has 0 aromatic carbocycles. The molecule has 0 spiro atoms. The maximum atomic E-state index is 9.82. The molecular formula is C10H20O3S. The minimum Gasteiger partial charge on any atom is -0.367 e. The van der Waals surface area contributed by atoms with Crippen LogP contribution in [-0.4, -0.2) is 35.8 Å². The SMILES string of the molecule is CCC(C)(C)[C@@H](O)OC1CSCCO1. The predicted molar refractivity (Wildman–Crippen MR) is 58.2 cm³/mol. The third kappa shape index (κ3) is 3.42. The third-order valence-electron chi connectivity index (χ3n) is 2.65. The molecule has 1 saturated heterocycles. The Balaban J connectivity index is 2.34. The van der Waals surface area contributed by atoms with Crippen molar-refractivity contribution in [2.75, 3.05) is 18.1 Å². The van der Waals surface area contributed by atoms with Gasteiger partial charge in [0, 0.05) is 16.9 Å². The van der Waals surface area contributed by atoms with Gasteiger partial charge < -0.3 is 14.6 Å². The average Bonchev–Trinajstić information content (AvgIpc) is 2.19. The van der Waals surface area contributed by atoms with Crippen LogP contribution in [0, 0.1) is 5.41 Å². The van der Waals surface area contributed by atoms with Gasteiger partial charge in [-0.3, -0.25) is 0 Å². The highest BCUT2D eigenvalue weighted by Gasteiger charge is 2.30. The minimum atomic E-state index is -0.740. The summed E-state index contributed by atoms with van der Waals surface area (Å²) in [6.07, 6.45) is -0.0978. The normalized spacial score (nSPS) is 26.1. The highest BCUT2D eigenvalue weighted by atomic mass is 32.2. The van der Waals surface area contributed by atoms with Gasteiger partial charge in [0.1, 0.15) is 0 Å². The van der Waals surface area contributed by atoms with Crippen LogP contribution >= 0.6 is 11.8 Å². The van der Waals surface area contributed by atoms with Crippen molar-refractivity contribution in [3.63, 3.8) is 0 Å². The molecular weight excluding hydrogens is 200 g/mol. The smallest absolute Gasteiger partial charge is 0.169 e. The highest BCUT2D eigenvalue weighted by molar-refractivity contribution is 7.99. The van der Waals surface area contributed by atoms with Gasteiger partial charge in [-0.2, -0.15) is 11.8 Å². The first-order valence-electron chi connectivity index (χ1n) is 5.09. The van der Waals surface area contributed by atoms with E-state index < -0.39 is 6.29 Å². The molecule has 0 aliphatic carbocycles. The molecule has 1 aliphatic rings. The number of aliphatic hydroxyl groups is 1. The van der Waals surface area contributed by atoms with Crippen molar-refractivity contribution in [2.24, 2.45) is 5.41 Å². The second kappa shape index (κ2) is 5.35. The number of rotatable bonds is 4. The molecule has 1 N–H and O–H groups in total. The summed E-state index contributed by atoms with van der Waals surface area (Å²) in [5, 5.41) is 9.82. The number of aliphatic hydroxyl groups excluding tert-OH is 1. The van der Waals surface area contributed by atoms with Crippen LogP contribution in [0.5, 0.6) is 0 Å². The molecule has 84 valence electrons. The molecule has 1 fully saturated rings. The number of hydrogen-bond donors (Lipinski definition) is 1. The van der Waals surface area contributed by atoms with Gasteiger partial charge in [-0.25, -0.2) is 0 Å². The lowest BCUT2D eigenvalue weighted by molar-refractivity contribution is -0.253. The highest BCUT2D eigenvalue weighted by Crippen LogP contribution is 2.27. The second-order valence-electron chi connectivity index (χ2n) is 4.21. The summed E-state index contributed by atoms with van der Waals surface area (Å²) in [5.41, 5.74) is -0.203. The van der Waals surface area contributed by atoms with Gasteiger partial charge >= 0.3 is 0 Å². The van der Waals surface area contributed by atoms with Crippen molar-refractivity contribution in [3.05, 3.63) is 0 Å². The number of hydrogen-bond acceptors (Lipinski definition) is 4. The molecule has 4 heteroatoms. The van der Waals surface area contributed by atoms with Crippen LogP contribution in [0.25, 0.3) is 0 Å². The first kappa shape index (κ1) is 12.3. The lowest BCUT2D eigenvalue weighted by Gasteiger charge is -2.33. The van der Waals surface area contributed by atoms with Gasteiger partial charge in [-0.1, -0.05) is 20.8 Å². The van der Waals surface area contributed by atoms with E-state index in [0.717, 1.165) is 17.9 Å². The third-order valence-corrected chi connectivity index (χ3v) is 3.61.